The Bertz CT molecular complexity index is 2030. The number of benzene rings is 3. The van der Waals surface area contributed by atoms with Crippen molar-refractivity contribution >= 4 is 28.3 Å². The first-order valence-electron chi connectivity index (χ1n) is 16.7. The lowest BCUT2D eigenvalue weighted by molar-refractivity contribution is -0.135. The lowest BCUT2D eigenvalue weighted by Crippen LogP contribution is -2.53. The Morgan fingerprint density at radius 2 is 1.75 bits per heavy atom. The number of rotatable bonds is 10. The molecular formula is C38H40N6O3S. The van der Waals surface area contributed by atoms with E-state index >= 15 is 0 Å². The fourth-order valence-corrected chi connectivity index (χ4v) is 8.09. The summed E-state index contributed by atoms with van der Waals surface area (Å²) in [4.78, 5) is 30.1. The van der Waals surface area contributed by atoms with Crippen molar-refractivity contribution < 1.29 is 14.3 Å². The van der Waals surface area contributed by atoms with Gasteiger partial charge in [-0.3, -0.25) is 14.6 Å². The number of carbonyl (C=O) groups is 1. The molecule has 0 atom stereocenters. The third kappa shape index (κ3) is 6.03. The molecule has 2 aliphatic heterocycles. The third-order valence-corrected chi connectivity index (χ3v) is 10.7. The van der Waals surface area contributed by atoms with Crippen LogP contribution in [0.2, 0.25) is 0 Å². The molecule has 0 unspecified atom stereocenters. The van der Waals surface area contributed by atoms with Gasteiger partial charge in [-0.15, -0.1) is 11.3 Å². The van der Waals surface area contributed by atoms with Crippen LogP contribution in [0.15, 0.2) is 52.9 Å². The molecular weight excluding hydrogens is 621 g/mol. The van der Waals surface area contributed by atoms with E-state index in [9.17, 15) is 15.2 Å². The van der Waals surface area contributed by atoms with Crippen LogP contribution in [0.5, 0.6) is 0 Å². The average molecular weight is 661 g/mol. The first kappa shape index (κ1) is 32.2. The van der Waals surface area contributed by atoms with E-state index in [1.54, 1.807) is 11.3 Å². The highest BCUT2D eigenvalue weighted by atomic mass is 32.1. The predicted molar refractivity (Wildman–Crippen MR) is 188 cm³/mol. The quantitative estimate of drug-likeness (QED) is 0.180. The standard InChI is InChI=1S/C38H40N6O3S/c1-5-13-42(6-2)17-25-14-26(16-39)36-32(15-25)40-37(47-36)30-11-7-9-28(23(30)3)29-10-8-12-31(24(29)4)38-41-33-20-44(21-34(33)48-38)35(46)22-43-18-27(45)19-43/h7-12,14-15,27,45H,5-6,13,17-22H2,1-4H3. The molecule has 1 saturated heterocycles. The van der Waals surface area contributed by atoms with Gasteiger partial charge in [0.15, 0.2) is 5.58 Å². The molecule has 4 heterocycles. The molecule has 0 saturated carbocycles. The SMILES string of the molecule is CCCN(CC)Cc1cc(C#N)c2oc(-c3cccc(-c4cccc(-c5nc6c(s5)CN(C(=O)CN5CC(O)C5)C6)c4C)c3C)nc2c1. The Hall–Kier alpha value is -4.40. The van der Waals surface area contributed by atoms with Gasteiger partial charge in [-0.25, -0.2) is 9.97 Å². The normalized spacial score (nSPS) is 14.9. The number of likely N-dealkylation sites (tertiary alicyclic amines) is 1. The molecule has 3 aromatic carbocycles. The first-order valence-corrected chi connectivity index (χ1v) is 17.5. The molecule has 2 aromatic heterocycles. The highest BCUT2D eigenvalue weighted by molar-refractivity contribution is 7.15. The minimum atomic E-state index is -0.312. The zero-order chi connectivity index (χ0) is 33.5. The summed E-state index contributed by atoms with van der Waals surface area (Å²) >= 11 is 1.66. The second-order valence-corrected chi connectivity index (χ2v) is 14.0. The Morgan fingerprint density at radius 3 is 2.42 bits per heavy atom. The second kappa shape index (κ2) is 13.2. The highest BCUT2D eigenvalue weighted by Crippen LogP contribution is 2.40. The van der Waals surface area contributed by atoms with Crippen molar-refractivity contribution in [2.24, 2.45) is 0 Å². The summed E-state index contributed by atoms with van der Waals surface area (Å²) in [5, 5.41) is 20.5. The van der Waals surface area contributed by atoms with Crippen molar-refractivity contribution in [2.45, 2.75) is 59.9 Å². The van der Waals surface area contributed by atoms with Gasteiger partial charge in [-0.05, 0) is 79.4 Å². The number of aliphatic hydroxyl groups excluding tert-OH is 1. The maximum absolute atomic E-state index is 12.8. The van der Waals surface area contributed by atoms with Gasteiger partial charge in [-0.2, -0.15) is 5.26 Å². The zero-order valence-corrected chi connectivity index (χ0v) is 28.7. The fourth-order valence-electron chi connectivity index (χ4n) is 6.92. The number of aliphatic hydroxyl groups is 1. The molecule has 2 aliphatic rings. The van der Waals surface area contributed by atoms with Gasteiger partial charge in [-0.1, -0.05) is 44.2 Å². The highest BCUT2D eigenvalue weighted by Gasteiger charge is 2.32. The van der Waals surface area contributed by atoms with Crippen LogP contribution in [0.3, 0.4) is 0 Å². The van der Waals surface area contributed by atoms with Crippen LogP contribution in [-0.2, 0) is 24.4 Å². The lowest BCUT2D eigenvalue weighted by Gasteiger charge is -2.36. The molecule has 1 fully saturated rings. The van der Waals surface area contributed by atoms with Crippen molar-refractivity contribution in [3.63, 3.8) is 0 Å². The summed E-state index contributed by atoms with van der Waals surface area (Å²) in [5.41, 5.74) is 10.1. The Labute approximate surface area is 285 Å². The van der Waals surface area contributed by atoms with Gasteiger partial charge >= 0.3 is 0 Å². The number of oxazole rings is 1. The van der Waals surface area contributed by atoms with Gasteiger partial charge in [0.05, 0.1) is 37.0 Å². The minimum Gasteiger partial charge on any atom is -0.435 e. The molecule has 9 nitrogen and oxygen atoms in total. The van der Waals surface area contributed by atoms with E-state index in [1.165, 1.54) is 0 Å². The van der Waals surface area contributed by atoms with Gasteiger partial charge in [0.1, 0.15) is 16.6 Å². The van der Waals surface area contributed by atoms with Crippen LogP contribution in [0.25, 0.3) is 44.3 Å². The summed E-state index contributed by atoms with van der Waals surface area (Å²) < 4.78 is 6.30. The molecule has 48 heavy (non-hydrogen) atoms. The second-order valence-electron chi connectivity index (χ2n) is 12.9. The Balaban J connectivity index is 1.15. The topological polar surface area (TPSA) is 110 Å². The number of nitrogens with zero attached hydrogens (tertiary/aromatic N) is 6. The number of nitriles is 1. The largest absolute Gasteiger partial charge is 0.435 e. The van der Waals surface area contributed by atoms with Crippen LogP contribution >= 0.6 is 11.3 Å². The molecule has 0 radical (unpaired) electrons. The molecule has 246 valence electrons. The number of thiazole rings is 1. The predicted octanol–water partition coefficient (Wildman–Crippen LogP) is 6.52. The van der Waals surface area contributed by atoms with E-state index in [4.69, 9.17) is 14.4 Å². The summed E-state index contributed by atoms with van der Waals surface area (Å²) in [6.07, 6.45) is 0.764. The van der Waals surface area contributed by atoms with Crippen molar-refractivity contribution in [1.82, 2.24) is 24.7 Å². The van der Waals surface area contributed by atoms with Crippen molar-refractivity contribution in [2.75, 3.05) is 32.7 Å². The van der Waals surface area contributed by atoms with E-state index in [2.05, 4.69) is 62.9 Å². The van der Waals surface area contributed by atoms with Gasteiger partial charge < -0.3 is 14.4 Å². The molecule has 0 bridgehead atoms. The third-order valence-electron chi connectivity index (χ3n) is 9.58. The molecule has 5 aromatic rings. The van der Waals surface area contributed by atoms with Crippen molar-refractivity contribution in [3.05, 3.63) is 81.4 Å². The molecule has 1 amide bonds. The van der Waals surface area contributed by atoms with Crippen LogP contribution in [0, 0.1) is 25.2 Å². The van der Waals surface area contributed by atoms with Crippen LogP contribution in [0.1, 0.15) is 53.1 Å². The van der Waals surface area contributed by atoms with Crippen molar-refractivity contribution in [1.29, 1.82) is 5.26 Å². The fraction of sp³-hybridized carbons (Fsp3) is 0.368. The Kier molecular flexibility index (Phi) is 8.88. The average Bonchev–Trinajstić information content (AvgIpc) is 3.78. The zero-order valence-electron chi connectivity index (χ0n) is 27.9. The maximum Gasteiger partial charge on any atom is 0.237 e. The van der Waals surface area contributed by atoms with Crippen molar-refractivity contribution in [3.8, 4) is 39.2 Å². The lowest BCUT2D eigenvalue weighted by atomic mass is 9.91. The Morgan fingerprint density at radius 1 is 1.04 bits per heavy atom. The molecule has 7 rings (SSSR count). The number of carbonyl (C=O) groups excluding carboxylic acids is 1. The van der Waals surface area contributed by atoms with E-state index in [0.29, 0.717) is 55.3 Å². The number of β-amino-alcohol motifs (C(OH)–C–C–N with tert-alkyl or cyclic N) is 1. The van der Waals surface area contributed by atoms with Gasteiger partial charge in [0.2, 0.25) is 11.8 Å². The molecule has 10 heteroatoms. The number of fused-ring (bicyclic) bond motifs is 2. The smallest absolute Gasteiger partial charge is 0.237 e. The van der Waals surface area contributed by atoms with Gasteiger partial charge in [0, 0.05) is 35.6 Å². The van der Waals surface area contributed by atoms with E-state index in [-0.39, 0.29) is 12.0 Å². The maximum atomic E-state index is 12.8. The van der Waals surface area contributed by atoms with Gasteiger partial charge in [0.25, 0.3) is 0 Å². The number of hydrogen-bond donors (Lipinski definition) is 1. The number of aromatic nitrogens is 2. The van der Waals surface area contributed by atoms with E-state index in [0.717, 1.165) is 80.6 Å². The molecule has 0 aliphatic carbocycles. The molecule has 0 spiro atoms. The summed E-state index contributed by atoms with van der Waals surface area (Å²) in [5.74, 6) is 0.592. The minimum absolute atomic E-state index is 0.0838. The van der Waals surface area contributed by atoms with Crippen LogP contribution in [0.4, 0.5) is 0 Å². The van der Waals surface area contributed by atoms with Crippen LogP contribution < -0.4 is 0 Å². The van der Waals surface area contributed by atoms with E-state index < -0.39 is 0 Å². The number of amides is 1. The summed E-state index contributed by atoms with van der Waals surface area (Å²) in [7, 11) is 0. The van der Waals surface area contributed by atoms with E-state index in [1.807, 2.05) is 34.1 Å². The van der Waals surface area contributed by atoms with Crippen LogP contribution in [-0.4, -0.2) is 74.5 Å². The number of hydrogen-bond acceptors (Lipinski definition) is 9. The first-order chi connectivity index (χ1) is 23.3. The summed E-state index contributed by atoms with van der Waals surface area (Å²) in [6.45, 7) is 13.9. The summed E-state index contributed by atoms with van der Waals surface area (Å²) in [6, 6.07) is 18.8. The monoisotopic (exact) mass is 660 g/mol. The molecule has 1 N–H and O–H groups in total.